The highest BCUT2D eigenvalue weighted by Crippen LogP contribution is 2.64. The lowest BCUT2D eigenvalue weighted by molar-refractivity contribution is -0.206. The number of esters is 2. The molecule has 0 radical (unpaired) electrons. The second-order valence-electron chi connectivity index (χ2n) is 14.7. The predicted octanol–water partition coefficient (Wildman–Crippen LogP) is 8.65. The maximum absolute atomic E-state index is 12.6. The van der Waals surface area contributed by atoms with E-state index in [0.29, 0.717) is 0 Å². The van der Waals surface area contributed by atoms with Crippen LogP contribution in [0.3, 0.4) is 0 Å². The van der Waals surface area contributed by atoms with Crippen LogP contribution in [0.2, 0.25) is 0 Å². The molecule has 0 aromatic rings. The highest BCUT2D eigenvalue weighted by atomic mass is 16.6. The third-order valence-corrected chi connectivity index (χ3v) is 11.0. The fourth-order valence-electron chi connectivity index (χ4n) is 7.50. The molecule has 5 aliphatic carbocycles. The third-order valence-electron chi connectivity index (χ3n) is 11.0. The Bertz CT molecular complexity index is 749. The first-order valence-electron chi connectivity index (χ1n) is 15.1. The summed E-state index contributed by atoms with van der Waals surface area (Å²) in [7, 11) is 0. The first kappa shape index (κ1) is 29.5. The minimum atomic E-state index is -0.362. The molecular formula is C32H56O4. The second kappa shape index (κ2) is 10.6. The van der Waals surface area contributed by atoms with E-state index in [4.69, 9.17) is 9.47 Å². The lowest BCUT2D eigenvalue weighted by Gasteiger charge is -2.61. The summed E-state index contributed by atoms with van der Waals surface area (Å²) in [6, 6.07) is 0. The summed E-state index contributed by atoms with van der Waals surface area (Å²) < 4.78 is 11.9. The molecule has 0 aromatic heterocycles. The molecule has 0 atom stereocenters. The molecule has 5 fully saturated rings. The molecule has 5 rings (SSSR count). The maximum Gasteiger partial charge on any atom is 0.312 e. The summed E-state index contributed by atoms with van der Waals surface area (Å²) in [5, 5.41) is 0. The summed E-state index contributed by atoms with van der Waals surface area (Å²) in [5.74, 6) is 2.66. The van der Waals surface area contributed by atoms with E-state index in [0.717, 1.165) is 49.9 Å². The van der Waals surface area contributed by atoms with Gasteiger partial charge >= 0.3 is 11.9 Å². The molecule has 0 heterocycles. The van der Waals surface area contributed by atoms with Crippen LogP contribution < -0.4 is 0 Å². The highest BCUT2D eigenvalue weighted by Gasteiger charge is 2.59. The molecule has 0 unspecified atom stereocenters. The van der Waals surface area contributed by atoms with Crippen LogP contribution in [0.25, 0.3) is 0 Å². The Morgan fingerprint density at radius 1 is 0.722 bits per heavy atom. The molecule has 0 saturated heterocycles. The predicted molar refractivity (Wildman–Crippen MR) is 147 cm³/mol. The molecule has 0 amide bonds. The quantitative estimate of drug-likeness (QED) is 0.310. The Labute approximate surface area is 222 Å². The molecular weight excluding hydrogens is 448 g/mol. The molecule has 0 spiro atoms. The van der Waals surface area contributed by atoms with Gasteiger partial charge in [-0.3, -0.25) is 9.59 Å². The van der Waals surface area contributed by atoms with Gasteiger partial charge in [-0.2, -0.15) is 0 Å². The number of carbonyl (C=O) groups is 2. The normalized spacial score (nSPS) is 31.0. The fourth-order valence-corrected chi connectivity index (χ4v) is 7.50. The Balaban J connectivity index is 0.000000214. The summed E-state index contributed by atoms with van der Waals surface area (Å²) in [4.78, 5) is 24.6. The summed E-state index contributed by atoms with van der Waals surface area (Å²) in [6.07, 6.45) is 15.3. The van der Waals surface area contributed by atoms with Gasteiger partial charge in [0.15, 0.2) is 0 Å². The first-order valence-corrected chi connectivity index (χ1v) is 15.1. The Hall–Kier alpha value is -1.06. The van der Waals surface area contributed by atoms with Gasteiger partial charge in [-0.05, 0) is 143 Å². The van der Waals surface area contributed by atoms with Crippen molar-refractivity contribution in [3.05, 3.63) is 0 Å². The number of hydrogen-bond acceptors (Lipinski definition) is 4. The second-order valence-corrected chi connectivity index (χ2v) is 14.7. The zero-order valence-electron chi connectivity index (χ0n) is 25.1. The van der Waals surface area contributed by atoms with E-state index in [1.54, 1.807) is 0 Å². The van der Waals surface area contributed by atoms with Gasteiger partial charge in [0.2, 0.25) is 0 Å². The highest BCUT2D eigenvalue weighted by molar-refractivity contribution is 5.76. The van der Waals surface area contributed by atoms with Gasteiger partial charge in [0, 0.05) is 5.41 Å². The van der Waals surface area contributed by atoms with Gasteiger partial charge in [-0.15, -0.1) is 0 Å². The van der Waals surface area contributed by atoms with E-state index in [2.05, 4.69) is 27.7 Å². The Morgan fingerprint density at radius 3 is 1.53 bits per heavy atom. The van der Waals surface area contributed by atoms with Crippen molar-refractivity contribution in [1.82, 2.24) is 0 Å². The molecule has 0 N–H and O–H groups in total. The van der Waals surface area contributed by atoms with Crippen LogP contribution >= 0.6 is 0 Å². The maximum atomic E-state index is 12.6. The van der Waals surface area contributed by atoms with Gasteiger partial charge in [0.05, 0.1) is 10.8 Å². The zero-order valence-corrected chi connectivity index (χ0v) is 25.1. The molecule has 5 saturated carbocycles. The van der Waals surface area contributed by atoms with Gasteiger partial charge in [0.1, 0.15) is 11.2 Å². The average Bonchev–Trinajstić information content (AvgIpc) is 3.27. The van der Waals surface area contributed by atoms with Crippen LogP contribution in [0.4, 0.5) is 0 Å². The monoisotopic (exact) mass is 504 g/mol. The molecule has 4 bridgehead atoms. The number of ether oxygens (including phenoxy) is 2. The van der Waals surface area contributed by atoms with Crippen molar-refractivity contribution in [2.24, 2.45) is 34.0 Å². The van der Waals surface area contributed by atoms with Crippen molar-refractivity contribution in [2.75, 3.05) is 0 Å². The Morgan fingerprint density at radius 2 is 1.14 bits per heavy atom. The molecule has 208 valence electrons. The van der Waals surface area contributed by atoms with Crippen molar-refractivity contribution in [3.8, 4) is 0 Å². The molecule has 4 nitrogen and oxygen atoms in total. The largest absolute Gasteiger partial charge is 0.459 e. The topological polar surface area (TPSA) is 52.6 Å². The van der Waals surface area contributed by atoms with E-state index >= 15 is 0 Å². The third kappa shape index (κ3) is 5.98. The lowest BCUT2D eigenvalue weighted by atomic mass is 9.46. The molecule has 5 aliphatic rings. The van der Waals surface area contributed by atoms with Crippen molar-refractivity contribution in [1.29, 1.82) is 0 Å². The van der Waals surface area contributed by atoms with E-state index in [1.165, 1.54) is 51.4 Å². The van der Waals surface area contributed by atoms with Crippen molar-refractivity contribution in [3.63, 3.8) is 0 Å². The van der Waals surface area contributed by atoms with Gasteiger partial charge in [-0.25, -0.2) is 0 Å². The smallest absolute Gasteiger partial charge is 0.312 e. The lowest BCUT2D eigenvalue weighted by Crippen LogP contribution is -2.58. The van der Waals surface area contributed by atoms with Gasteiger partial charge < -0.3 is 9.47 Å². The Kier molecular flexibility index (Phi) is 8.69. The molecule has 36 heavy (non-hydrogen) atoms. The van der Waals surface area contributed by atoms with Crippen LogP contribution in [0, 0.1) is 34.0 Å². The molecule has 4 heteroatoms. The number of hydrogen-bond donors (Lipinski definition) is 0. The van der Waals surface area contributed by atoms with Crippen LogP contribution in [0.15, 0.2) is 0 Å². The van der Waals surface area contributed by atoms with Gasteiger partial charge in [0.25, 0.3) is 0 Å². The van der Waals surface area contributed by atoms with E-state index in [9.17, 15) is 9.59 Å². The number of rotatable bonds is 8. The molecule has 0 aliphatic heterocycles. The fraction of sp³-hybridized carbons (Fsp3) is 0.938. The minimum absolute atomic E-state index is 0.00857. The van der Waals surface area contributed by atoms with E-state index in [-0.39, 0.29) is 39.4 Å². The van der Waals surface area contributed by atoms with Crippen LogP contribution in [0.1, 0.15) is 146 Å². The van der Waals surface area contributed by atoms with Crippen molar-refractivity contribution >= 4 is 11.9 Å². The zero-order chi connectivity index (χ0) is 27.0. The molecule has 0 aromatic carbocycles. The average molecular weight is 505 g/mol. The standard InChI is InChI=1S/C19H32O2.C13H24O2/c1-6-17(2,3)16(20)21-18(4,5)19-10-13-7-14(11-19)9-15(8-13)12-19;1-5-12(3,4)11(14)15-13(6-2)9-7-8-10-13/h13-15H,6-12H2,1-5H3;5-10H2,1-4H3. The van der Waals surface area contributed by atoms with Crippen molar-refractivity contribution in [2.45, 2.75) is 157 Å². The number of carbonyl (C=O) groups excluding carboxylic acids is 2. The van der Waals surface area contributed by atoms with Crippen LogP contribution in [-0.4, -0.2) is 23.1 Å². The van der Waals surface area contributed by atoms with Crippen LogP contribution in [-0.2, 0) is 19.1 Å². The summed E-state index contributed by atoms with van der Waals surface area (Å²) >= 11 is 0. The van der Waals surface area contributed by atoms with E-state index < -0.39 is 0 Å². The SMILES string of the molecule is CCC(C)(C)C(=O)OC(C)(C)C12CC3CC(CC(C3)C1)C2.CCC1(OC(=O)C(C)(C)CC)CCCC1. The summed E-state index contributed by atoms with van der Waals surface area (Å²) in [6.45, 7) is 18.5. The van der Waals surface area contributed by atoms with E-state index in [1.807, 2.05) is 34.6 Å². The van der Waals surface area contributed by atoms with Crippen molar-refractivity contribution < 1.29 is 19.1 Å². The summed E-state index contributed by atoms with van der Waals surface area (Å²) in [5.41, 5.74) is -0.887. The first-order chi connectivity index (χ1) is 16.6. The minimum Gasteiger partial charge on any atom is -0.459 e. The van der Waals surface area contributed by atoms with Crippen LogP contribution in [0.5, 0.6) is 0 Å². The van der Waals surface area contributed by atoms with Gasteiger partial charge in [-0.1, -0.05) is 20.8 Å².